The Morgan fingerprint density at radius 2 is 1.88 bits per heavy atom. The van der Waals surface area contributed by atoms with Crippen molar-refractivity contribution in [3.63, 3.8) is 0 Å². The molecule has 10 heteroatoms. The summed E-state index contributed by atoms with van der Waals surface area (Å²) in [6, 6.07) is 15.7. The Morgan fingerprint density at radius 3 is 2.56 bits per heavy atom. The fourth-order valence-corrected chi connectivity index (χ4v) is 6.40. The standard InChI is InChI=1S/C24H20Cl2N4O3S/c1-14-22-18(24(31)28-20-8-7-16(25)11-19(20)26)12-21(15-5-3-2-4-6-15)27-23(22)30(29-14)17-9-10-34(32,33)13-17/h2-8,11-12,17H,9-10,13H2,1H3,(H,28,31). The van der Waals surface area contributed by atoms with Crippen molar-refractivity contribution in [3.8, 4) is 11.3 Å². The van der Waals surface area contributed by atoms with Gasteiger partial charge in [0.05, 0.1) is 50.6 Å². The topological polar surface area (TPSA) is 93.9 Å². The molecule has 2 aromatic heterocycles. The van der Waals surface area contributed by atoms with Gasteiger partial charge in [-0.15, -0.1) is 0 Å². The van der Waals surface area contributed by atoms with E-state index < -0.39 is 9.84 Å². The van der Waals surface area contributed by atoms with E-state index in [1.165, 1.54) is 0 Å². The molecule has 4 aromatic rings. The summed E-state index contributed by atoms with van der Waals surface area (Å²) in [6.45, 7) is 1.79. The highest BCUT2D eigenvalue weighted by atomic mass is 35.5. The van der Waals surface area contributed by atoms with Gasteiger partial charge in [-0.25, -0.2) is 18.1 Å². The van der Waals surface area contributed by atoms with Crippen molar-refractivity contribution < 1.29 is 13.2 Å². The van der Waals surface area contributed by atoms with Gasteiger partial charge in [0.15, 0.2) is 15.5 Å². The molecule has 0 saturated carbocycles. The van der Waals surface area contributed by atoms with Gasteiger partial charge in [0.2, 0.25) is 0 Å². The second kappa shape index (κ2) is 8.69. The Bertz CT molecular complexity index is 1540. The van der Waals surface area contributed by atoms with Crippen LogP contribution >= 0.6 is 23.2 Å². The fourth-order valence-electron chi connectivity index (χ4n) is 4.25. The summed E-state index contributed by atoms with van der Waals surface area (Å²) in [4.78, 5) is 18.3. The number of carbonyl (C=O) groups excluding carboxylic acids is 1. The van der Waals surface area contributed by atoms with E-state index >= 15 is 0 Å². The number of hydrogen-bond donors (Lipinski definition) is 1. The van der Waals surface area contributed by atoms with E-state index in [9.17, 15) is 13.2 Å². The number of aromatic nitrogens is 3. The van der Waals surface area contributed by atoms with Gasteiger partial charge in [-0.3, -0.25) is 4.79 Å². The number of fused-ring (bicyclic) bond motifs is 1. The molecule has 1 N–H and O–H groups in total. The van der Waals surface area contributed by atoms with Crippen molar-refractivity contribution in [2.45, 2.75) is 19.4 Å². The zero-order valence-corrected chi connectivity index (χ0v) is 20.5. The summed E-state index contributed by atoms with van der Waals surface area (Å²) >= 11 is 12.3. The molecule has 1 unspecified atom stereocenters. The molecule has 0 radical (unpaired) electrons. The van der Waals surface area contributed by atoms with Gasteiger partial charge in [-0.2, -0.15) is 5.10 Å². The van der Waals surface area contributed by atoms with Crippen LogP contribution in [0.3, 0.4) is 0 Å². The van der Waals surface area contributed by atoms with E-state index in [0.29, 0.717) is 50.1 Å². The van der Waals surface area contributed by atoms with Crippen LogP contribution in [0.2, 0.25) is 10.0 Å². The van der Waals surface area contributed by atoms with Gasteiger partial charge < -0.3 is 5.32 Å². The maximum atomic E-state index is 13.5. The largest absolute Gasteiger partial charge is 0.321 e. The molecule has 2 aromatic carbocycles. The Hall–Kier alpha value is -2.94. The quantitative estimate of drug-likeness (QED) is 0.397. The van der Waals surface area contributed by atoms with E-state index in [-0.39, 0.29) is 23.5 Å². The van der Waals surface area contributed by atoms with Crippen molar-refractivity contribution in [2.24, 2.45) is 0 Å². The van der Waals surface area contributed by atoms with E-state index in [4.69, 9.17) is 28.2 Å². The van der Waals surface area contributed by atoms with Crippen LogP contribution in [0.1, 0.15) is 28.5 Å². The predicted octanol–water partition coefficient (Wildman–Crippen LogP) is 5.33. The monoisotopic (exact) mass is 514 g/mol. The lowest BCUT2D eigenvalue weighted by Gasteiger charge is -2.13. The average Bonchev–Trinajstić information content (AvgIpc) is 3.34. The molecule has 1 aliphatic heterocycles. The number of amides is 1. The number of nitrogens with zero attached hydrogens (tertiary/aromatic N) is 3. The summed E-state index contributed by atoms with van der Waals surface area (Å²) in [5.41, 5.74) is 3.29. The smallest absolute Gasteiger partial charge is 0.256 e. The second-order valence-electron chi connectivity index (χ2n) is 8.28. The van der Waals surface area contributed by atoms with Gasteiger partial charge in [-0.05, 0) is 37.6 Å². The van der Waals surface area contributed by atoms with Crippen LogP contribution in [0.15, 0.2) is 54.6 Å². The lowest BCUT2D eigenvalue weighted by Crippen LogP contribution is -2.15. The first kappa shape index (κ1) is 22.8. The van der Waals surface area contributed by atoms with E-state index in [2.05, 4.69) is 10.4 Å². The minimum atomic E-state index is -3.13. The van der Waals surface area contributed by atoms with Crippen LogP contribution in [0.5, 0.6) is 0 Å². The van der Waals surface area contributed by atoms with Gasteiger partial charge >= 0.3 is 0 Å². The predicted molar refractivity (Wildman–Crippen MR) is 134 cm³/mol. The lowest BCUT2D eigenvalue weighted by molar-refractivity contribution is 0.102. The molecule has 174 valence electrons. The van der Waals surface area contributed by atoms with E-state index in [1.54, 1.807) is 35.9 Å². The van der Waals surface area contributed by atoms with Crippen molar-refractivity contribution in [1.29, 1.82) is 0 Å². The first-order chi connectivity index (χ1) is 16.2. The van der Waals surface area contributed by atoms with Gasteiger partial charge in [0.25, 0.3) is 5.91 Å². The van der Waals surface area contributed by atoms with Crippen LogP contribution in [-0.4, -0.2) is 40.6 Å². The fraction of sp³-hybridized carbons (Fsp3) is 0.208. The molecule has 1 fully saturated rings. The van der Waals surface area contributed by atoms with Crippen LogP contribution in [0.4, 0.5) is 5.69 Å². The third-order valence-electron chi connectivity index (χ3n) is 5.88. The number of carbonyl (C=O) groups is 1. The number of pyridine rings is 1. The van der Waals surface area contributed by atoms with Gasteiger partial charge in [-0.1, -0.05) is 53.5 Å². The number of hydrogen-bond acceptors (Lipinski definition) is 5. The summed E-state index contributed by atoms with van der Waals surface area (Å²) in [6.07, 6.45) is 0.456. The van der Waals surface area contributed by atoms with Crippen molar-refractivity contribution in [2.75, 3.05) is 16.8 Å². The summed E-state index contributed by atoms with van der Waals surface area (Å²) in [5.74, 6) is -0.267. The maximum Gasteiger partial charge on any atom is 0.256 e. The molecule has 1 saturated heterocycles. The zero-order valence-electron chi connectivity index (χ0n) is 18.1. The minimum Gasteiger partial charge on any atom is -0.321 e. The molecule has 5 rings (SSSR count). The Balaban J connectivity index is 1.67. The number of sulfone groups is 1. The highest BCUT2D eigenvalue weighted by Gasteiger charge is 2.32. The number of aryl methyl sites for hydroxylation is 1. The summed E-state index contributed by atoms with van der Waals surface area (Å²) < 4.78 is 25.9. The number of nitrogens with one attached hydrogen (secondary N) is 1. The summed E-state index contributed by atoms with van der Waals surface area (Å²) in [5, 5.41) is 8.83. The van der Waals surface area contributed by atoms with Crippen LogP contribution < -0.4 is 5.32 Å². The first-order valence-corrected chi connectivity index (χ1v) is 13.2. The molecule has 1 amide bonds. The van der Waals surface area contributed by atoms with Crippen molar-refractivity contribution in [3.05, 3.63) is 75.9 Å². The summed E-state index contributed by atoms with van der Waals surface area (Å²) in [7, 11) is -3.13. The van der Waals surface area contributed by atoms with Crippen molar-refractivity contribution >= 4 is 55.7 Å². The van der Waals surface area contributed by atoms with Crippen LogP contribution in [0, 0.1) is 6.92 Å². The van der Waals surface area contributed by atoms with Crippen LogP contribution in [0.25, 0.3) is 22.3 Å². The molecule has 0 spiro atoms. The molecule has 1 atom stereocenters. The number of benzene rings is 2. The Kier molecular flexibility index (Phi) is 5.83. The highest BCUT2D eigenvalue weighted by Crippen LogP contribution is 2.33. The lowest BCUT2D eigenvalue weighted by atomic mass is 10.0. The Morgan fingerprint density at radius 1 is 1.12 bits per heavy atom. The molecular formula is C24H20Cl2N4O3S. The number of halogens is 2. The highest BCUT2D eigenvalue weighted by molar-refractivity contribution is 7.91. The SMILES string of the molecule is Cc1nn(C2CCS(=O)(=O)C2)c2nc(-c3ccccc3)cc(C(=O)Nc3ccc(Cl)cc3Cl)c12. The van der Waals surface area contributed by atoms with E-state index in [1.807, 2.05) is 30.3 Å². The van der Waals surface area contributed by atoms with E-state index in [0.717, 1.165) is 5.56 Å². The number of rotatable bonds is 4. The maximum absolute atomic E-state index is 13.5. The minimum absolute atomic E-state index is 0.00236. The second-order valence-corrected chi connectivity index (χ2v) is 11.4. The number of anilines is 1. The molecule has 1 aliphatic rings. The average molecular weight is 515 g/mol. The molecule has 0 aliphatic carbocycles. The zero-order chi connectivity index (χ0) is 24.0. The Labute approximate surface area is 206 Å². The molecule has 3 heterocycles. The molecular weight excluding hydrogens is 495 g/mol. The normalized spacial score (nSPS) is 17.2. The third-order valence-corrected chi connectivity index (χ3v) is 8.18. The molecule has 34 heavy (non-hydrogen) atoms. The van der Waals surface area contributed by atoms with Crippen LogP contribution in [-0.2, 0) is 9.84 Å². The van der Waals surface area contributed by atoms with Crippen molar-refractivity contribution in [1.82, 2.24) is 14.8 Å². The molecule has 0 bridgehead atoms. The molecule has 7 nitrogen and oxygen atoms in total. The third kappa shape index (κ3) is 4.29. The van der Waals surface area contributed by atoms with Gasteiger partial charge in [0.1, 0.15) is 0 Å². The van der Waals surface area contributed by atoms with Gasteiger partial charge in [0, 0.05) is 10.6 Å². The first-order valence-electron chi connectivity index (χ1n) is 10.6.